The van der Waals surface area contributed by atoms with Crippen molar-refractivity contribution in [1.29, 1.82) is 0 Å². The zero-order valence-corrected chi connectivity index (χ0v) is 11.4. The van der Waals surface area contributed by atoms with Gasteiger partial charge >= 0.3 is 0 Å². The summed E-state index contributed by atoms with van der Waals surface area (Å²) >= 11 is 0. The van der Waals surface area contributed by atoms with E-state index in [-0.39, 0.29) is 0 Å². The fourth-order valence-corrected chi connectivity index (χ4v) is 2.48. The summed E-state index contributed by atoms with van der Waals surface area (Å²) in [4.78, 5) is 4.32. The fraction of sp³-hybridized carbons (Fsp3) is 0.250. The molecule has 1 N–H and O–H groups in total. The Bertz CT molecular complexity index is 715. The molecule has 1 aromatic carbocycles. The van der Waals surface area contributed by atoms with Gasteiger partial charge in [0.05, 0.1) is 17.8 Å². The largest absolute Gasteiger partial charge is 0.388 e. The van der Waals surface area contributed by atoms with Gasteiger partial charge in [0.15, 0.2) is 0 Å². The molecule has 0 aliphatic carbocycles. The van der Waals surface area contributed by atoms with Gasteiger partial charge in [-0.15, -0.1) is 0 Å². The lowest BCUT2D eigenvalue weighted by Crippen LogP contribution is -2.00. The van der Waals surface area contributed by atoms with E-state index in [1.807, 2.05) is 49.8 Å². The summed E-state index contributed by atoms with van der Waals surface area (Å²) in [6, 6.07) is 9.78. The molecule has 0 radical (unpaired) electrons. The Balaban J connectivity index is 1.80. The van der Waals surface area contributed by atoms with Gasteiger partial charge in [0, 0.05) is 24.8 Å². The van der Waals surface area contributed by atoms with E-state index in [9.17, 15) is 5.11 Å². The molecule has 1 unspecified atom stereocenters. The molecule has 0 amide bonds. The van der Waals surface area contributed by atoms with E-state index < -0.39 is 6.10 Å². The van der Waals surface area contributed by atoms with Crippen LogP contribution in [0.25, 0.3) is 10.9 Å². The second-order valence-electron chi connectivity index (χ2n) is 4.99. The Hall–Kier alpha value is -2.20. The van der Waals surface area contributed by atoms with Gasteiger partial charge in [0.2, 0.25) is 0 Å². The minimum Gasteiger partial charge on any atom is -0.388 e. The highest BCUT2D eigenvalue weighted by atomic mass is 16.3. The van der Waals surface area contributed by atoms with Crippen LogP contribution in [0.3, 0.4) is 0 Å². The van der Waals surface area contributed by atoms with E-state index in [4.69, 9.17) is 0 Å². The lowest BCUT2D eigenvalue weighted by Gasteiger charge is -2.12. The molecule has 3 aromatic rings. The van der Waals surface area contributed by atoms with E-state index in [0.29, 0.717) is 6.42 Å². The summed E-state index contributed by atoms with van der Waals surface area (Å²) in [5, 5.41) is 15.6. The second kappa shape index (κ2) is 5.43. The van der Waals surface area contributed by atoms with E-state index >= 15 is 0 Å². The number of aromatic nitrogens is 3. The van der Waals surface area contributed by atoms with E-state index in [1.54, 1.807) is 10.9 Å². The first-order chi connectivity index (χ1) is 9.74. The molecule has 2 heterocycles. The summed E-state index contributed by atoms with van der Waals surface area (Å²) in [5.74, 6) is 0. The number of aryl methyl sites for hydroxylation is 2. The molecule has 0 aliphatic rings. The highest BCUT2D eigenvalue weighted by Crippen LogP contribution is 2.26. The highest BCUT2D eigenvalue weighted by molar-refractivity contribution is 5.82. The van der Waals surface area contributed by atoms with Crippen molar-refractivity contribution in [2.75, 3.05) is 0 Å². The maximum absolute atomic E-state index is 10.4. The number of aliphatic hydroxyl groups excluding tert-OH is 1. The van der Waals surface area contributed by atoms with Crippen LogP contribution in [0.15, 0.2) is 48.9 Å². The number of nitrogens with zero attached hydrogens (tertiary/aromatic N) is 3. The molecule has 0 saturated heterocycles. The van der Waals surface area contributed by atoms with Gasteiger partial charge in [-0.1, -0.05) is 18.2 Å². The molecule has 2 aromatic heterocycles. The van der Waals surface area contributed by atoms with Crippen molar-refractivity contribution >= 4 is 10.9 Å². The van der Waals surface area contributed by atoms with Crippen molar-refractivity contribution in [2.45, 2.75) is 18.9 Å². The van der Waals surface area contributed by atoms with Crippen molar-refractivity contribution < 1.29 is 5.11 Å². The minimum absolute atomic E-state index is 0.483. The Morgan fingerprint density at radius 2 is 2.15 bits per heavy atom. The summed E-state index contributed by atoms with van der Waals surface area (Å²) < 4.78 is 1.78. The molecule has 102 valence electrons. The number of rotatable bonds is 4. The van der Waals surface area contributed by atoms with Crippen molar-refractivity contribution in [2.24, 2.45) is 7.05 Å². The van der Waals surface area contributed by atoms with Crippen LogP contribution in [-0.4, -0.2) is 19.9 Å². The van der Waals surface area contributed by atoms with Crippen LogP contribution in [0.2, 0.25) is 0 Å². The van der Waals surface area contributed by atoms with Crippen LogP contribution in [0.4, 0.5) is 0 Å². The zero-order chi connectivity index (χ0) is 13.9. The lowest BCUT2D eigenvalue weighted by molar-refractivity contribution is 0.169. The van der Waals surface area contributed by atoms with Crippen molar-refractivity contribution in [3.63, 3.8) is 0 Å². The van der Waals surface area contributed by atoms with Crippen LogP contribution in [0.1, 0.15) is 23.7 Å². The molecule has 0 saturated carbocycles. The molecule has 0 fully saturated rings. The molecular weight excluding hydrogens is 250 g/mol. The van der Waals surface area contributed by atoms with Crippen molar-refractivity contribution in [1.82, 2.24) is 14.8 Å². The zero-order valence-electron chi connectivity index (χ0n) is 11.4. The van der Waals surface area contributed by atoms with Crippen molar-refractivity contribution in [3.8, 4) is 0 Å². The van der Waals surface area contributed by atoms with Gasteiger partial charge in [0.25, 0.3) is 0 Å². The van der Waals surface area contributed by atoms with Gasteiger partial charge in [-0.2, -0.15) is 5.10 Å². The first kappa shape index (κ1) is 12.8. The summed E-state index contributed by atoms with van der Waals surface area (Å²) in [5.41, 5.74) is 3.01. The third-order valence-corrected chi connectivity index (χ3v) is 3.50. The molecule has 4 nitrogen and oxygen atoms in total. The van der Waals surface area contributed by atoms with Crippen LogP contribution < -0.4 is 0 Å². The standard InChI is InChI=1S/C16H17N3O/c1-19-11-12(10-18-19)7-8-16(20)14-4-2-6-15-13(14)5-3-9-17-15/h2-6,9-11,16,20H,7-8H2,1H3. The van der Waals surface area contributed by atoms with Gasteiger partial charge in [0.1, 0.15) is 0 Å². The number of pyridine rings is 1. The van der Waals surface area contributed by atoms with Gasteiger partial charge < -0.3 is 5.11 Å². The molecule has 20 heavy (non-hydrogen) atoms. The topological polar surface area (TPSA) is 50.9 Å². The molecule has 0 spiro atoms. The Labute approximate surface area is 117 Å². The number of hydrogen-bond donors (Lipinski definition) is 1. The normalized spacial score (nSPS) is 12.7. The van der Waals surface area contributed by atoms with Gasteiger partial charge in [-0.25, -0.2) is 0 Å². The van der Waals surface area contributed by atoms with Crippen LogP contribution in [0.5, 0.6) is 0 Å². The van der Waals surface area contributed by atoms with Crippen molar-refractivity contribution in [3.05, 3.63) is 60.0 Å². The van der Waals surface area contributed by atoms with E-state index in [1.165, 1.54) is 0 Å². The smallest absolute Gasteiger partial charge is 0.0799 e. The predicted octanol–water partition coefficient (Wildman–Crippen LogP) is 2.63. The van der Waals surface area contributed by atoms with Crippen LogP contribution in [0, 0.1) is 0 Å². The Morgan fingerprint density at radius 1 is 1.25 bits per heavy atom. The maximum atomic E-state index is 10.4. The molecule has 1 atom stereocenters. The second-order valence-corrected chi connectivity index (χ2v) is 4.99. The monoisotopic (exact) mass is 267 g/mol. The average molecular weight is 267 g/mol. The number of benzene rings is 1. The third kappa shape index (κ3) is 2.56. The maximum Gasteiger partial charge on any atom is 0.0799 e. The van der Waals surface area contributed by atoms with E-state index in [2.05, 4.69) is 10.1 Å². The number of fused-ring (bicyclic) bond motifs is 1. The molecule has 3 rings (SSSR count). The first-order valence-electron chi connectivity index (χ1n) is 6.73. The number of hydrogen-bond acceptors (Lipinski definition) is 3. The van der Waals surface area contributed by atoms with Crippen LogP contribution in [-0.2, 0) is 13.5 Å². The predicted molar refractivity (Wildman–Crippen MR) is 78.2 cm³/mol. The number of aliphatic hydroxyl groups is 1. The Morgan fingerprint density at radius 3 is 2.95 bits per heavy atom. The lowest BCUT2D eigenvalue weighted by atomic mass is 9.99. The summed E-state index contributed by atoms with van der Waals surface area (Å²) in [7, 11) is 1.90. The minimum atomic E-state index is -0.483. The summed E-state index contributed by atoms with van der Waals surface area (Å²) in [6.45, 7) is 0. The summed E-state index contributed by atoms with van der Waals surface area (Å²) in [6.07, 6.45) is 6.61. The third-order valence-electron chi connectivity index (χ3n) is 3.50. The van der Waals surface area contributed by atoms with E-state index in [0.717, 1.165) is 28.5 Å². The molecule has 0 aliphatic heterocycles. The molecular formula is C16H17N3O. The first-order valence-corrected chi connectivity index (χ1v) is 6.73. The quantitative estimate of drug-likeness (QED) is 0.790. The van der Waals surface area contributed by atoms with Crippen LogP contribution >= 0.6 is 0 Å². The highest BCUT2D eigenvalue weighted by Gasteiger charge is 2.12. The molecule has 4 heteroatoms. The average Bonchev–Trinajstić information content (AvgIpc) is 2.90. The van der Waals surface area contributed by atoms with Gasteiger partial charge in [-0.05, 0) is 36.1 Å². The molecule has 0 bridgehead atoms. The van der Waals surface area contributed by atoms with Gasteiger partial charge in [-0.3, -0.25) is 9.67 Å². The Kier molecular flexibility index (Phi) is 3.48. The fourth-order valence-electron chi connectivity index (χ4n) is 2.48. The SMILES string of the molecule is Cn1cc(CCC(O)c2cccc3ncccc23)cn1.